The third-order valence-corrected chi connectivity index (χ3v) is 1.87. The highest BCUT2D eigenvalue weighted by molar-refractivity contribution is 5.69. The monoisotopic (exact) mass is 159 g/mol. The second-order valence-corrected chi connectivity index (χ2v) is 2.67. The average molecular weight is 159 g/mol. The third kappa shape index (κ3) is 1.83. The third-order valence-electron chi connectivity index (χ3n) is 1.87. The maximum atomic E-state index is 10.9. The van der Waals surface area contributed by atoms with Gasteiger partial charge in [-0.2, -0.15) is 0 Å². The molecule has 1 fully saturated rings. The highest BCUT2D eigenvalue weighted by Crippen LogP contribution is 2.10. The summed E-state index contributed by atoms with van der Waals surface area (Å²) < 4.78 is 4.74. The molecule has 64 valence electrons. The molecule has 1 atom stereocenters. The first kappa shape index (κ1) is 8.33. The van der Waals surface area contributed by atoms with Crippen molar-refractivity contribution in [3.8, 4) is 0 Å². The number of amides is 1. The fourth-order valence-electron chi connectivity index (χ4n) is 1.15. The van der Waals surface area contributed by atoms with Crippen LogP contribution in [-0.4, -0.2) is 41.9 Å². The van der Waals surface area contributed by atoms with Gasteiger partial charge in [0.1, 0.15) is 6.61 Å². The van der Waals surface area contributed by atoms with Crippen molar-refractivity contribution in [1.82, 2.24) is 4.90 Å². The first-order chi connectivity index (χ1) is 5.25. The van der Waals surface area contributed by atoms with Gasteiger partial charge in [-0.25, -0.2) is 4.79 Å². The van der Waals surface area contributed by atoms with Crippen LogP contribution in [0.1, 0.15) is 13.3 Å². The number of hydrogen-bond acceptors (Lipinski definition) is 3. The maximum Gasteiger partial charge on any atom is 0.410 e. The van der Waals surface area contributed by atoms with Crippen LogP contribution in [0.15, 0.2) is 0 Å². The minimum atomic E-state index is -0.258. The van der Waals surface area contributed by atoms with Crippen LogP contribution in [0, 0.1) is 0 Å². The standard InChI is InChI=1S/C7H13NO3/c1-6(2-4-9)8-3-5-11-7(8)10/h6,9H,2-5H2,1H3. The molecule has 0 aliphatic carbocycles. The summed E-state index contributed by atoms with van der Waals surface area (Å²) >= 11 is 0. The Labute approximate surface area is 65.8 Å². The second-order valence-electron chi connectivity index (χ2n) is 2.67. The van der Waals surface area contributed by atoms with E-state index < -0.39 is 0 Å². The van der Waals surface area contributed by atoms with Crippen LogP contribution in [0.5, 0.6) is 0 Å². The number of aliphatic hydroxyl groups is 1. The smallest absolute Gasteiger partial charge is 0.410 e. The molecule has 0 aromatic heterocycles. The number of ether oxygens (including phenoxy) is 1. The first-order valence-electron chi connectivity index (χ1n) is 3.80. The van der Waals surface area contributed by atoms with Crippen LogP contribution in [0.25, 0.3) is 0 Å². The summed E-state index contributed by atoms with van der Waals surface area (Å²) in [6.45, 7) is 3.16. The predicted octanol–water partition coefficient (Wildman–Crippen LogP) is 0.210. The molecule has 0 aromatic rings. The van der Waals surface area contributed by atoms with Gasteiger partial charge in [0.05, 0.1) is 6.54 Å². The van der Waals surface area contributed by atoms with Gasteiger partial charge in [0.25, 0.3) is 0 Å². The summed E-state index contributed by atoms with van der Waals surface area (Å²) in [5, 5.41) is 8.60. The van der Waals surface area contributed by atoms with Crippen molar-refractivity contribution < 1.29 is 14.6 Å². The topological polar surface area (TPSA) is 49.8 Å². The SMILES string of the molecule is CC(CCO)N1CCOC1=O. The van der Waals surface area contributed by atoms with Crippen molar-refractivity contribution >= 4 is 6.09 Å². The van der Waals surface area contributed by atoms with E-state index in [1.807, 2.05) is 6.92 Å². The molecular formula is C7H13NO3. The van der Waals surface area contributed by atoms with Crippen LogP contribution in [0.3, 0.4) is 0 Å². The van der Waals surface area contributed by atoms with Gasteiger partial charge in [0.15, 0.2) is 0 Å². The van der Waals surface area contributed by atoms with Crippen LogP contribution < -0.4 is 0 Å². The molecule has 4 nitrogen and oxygen atoms in total. The van der Waals surface area contributed by atoms with E-state index in [1.165, 1.54) is 0 Å². The predicted molar refractivity (Wildman–Crippen MR) is 39.2 cm³/mol. The molecule has 1 aliphatic rings. The minimum absolute atomic E-state index is 0.0926. The molecule has 1 saturated heterocycles. The van der Waals surface area contributed by atoms with Gasteiger partial charge in [0, 0.05) is 12.6 Å². The molecular weight excluding hydrogens is 146 g/mol. The normalized spacial score (nSPS) is 20.2. The van der Waals surface area contributed by atoms with Gasteiger partial charge >= 0.3 is 6.09 Å². The van der Waals surface area contributed by atoms with E-state index in [0.717, 1.165) is 0 Å². The van der Waals surface area contributed by atoms with E-state index in [0.29, 0.717) is 19.6 Å². The lowest BCUT2D eigenvalue weighted by atomic mass is 10.2. The molecule has 1 amide bonds. The summed E-state index contributed by atoms with van der Waals surface area (Å²) in [5.41, 5.74) is 0. The molecule has 1 unspecified atom stereocenters. The number of rotatable bonds is 3. The molecule has 0 aromatic carbocycles. The summed E-state index contributed by atoms with van der Waals surface area (Å²) in [5.74, 6) is 0. The number of nitrogens with zero attached hydrogens (tertiary/aromatic N) is 1. The molecule has 11 heavy (non-hydrogen) atoms. The number of carbonyl (C=O) groups is 1. The lowest BCUT2D eigenvalue weighted by Gasteiger charge is -2.20. The fourth-order valence-corrected chi connectivity index (χ4v) is 1.15. The summed E-state index contributed by atoms with van der Waals surface area (Å²) in [6, 6.07) is 0.0926. The zero-order valence-electron chi connectivity index (χ0n) is 6.62. The first-order valence-corrected chi connectivity index (χ1v) is 3.80. The van der Waals surface area contributed by atoms with Gasteiger partial charge < -0.3 is 14.7 Å². The van der Waals surface area contributed by atoms with E-state index in [2.05, 4.69) is 0 Å². The zero-order chi connectivity index (χ0) is 8.27. The van der Waals surface area contributed by atoms with Gasteiger partial charge in [-0.3, -0.25) is 0 Å². The van der Waals surface area contributed by atoms with Gasteiger partial charge in [-0.1, -0.05) is 0 Å². The molecule has 1 N–H and O–H groups in total. The van der Waals surface area contributed by atoms with Crippen molar-refractivity contribution in [2.45, 2.75) is 19.4 Å². The molecule has 1 heterocycles. The molecule has 0 radical (unpaired) electrons. The largest absolute Gasteiger partial charge is 0.448 e. The van der Waals surface area contributed by atoms with Gasteiger partial charge in [0.2, 0.25) is 0 Å². The van der Waals surface area contributed by atoms with Crippen molar-refractivity contribution in [3.05, 3.63) is 0 Å². The number of aliphatic hydroxyl groups excluding tert-OH is 1. The second kappa shape index (κ2) is 3.57. The molecule has 0 saturated carbocycles. The van der Waals surface area contributed by atoms with Crippen molar-refractivity contribution in [2.24, 2.45) is 0 Å². The maximum absolute atomic E-state index is 10.9. The van der Waals surface area contributed by atoms with Crippen LogP contribution in [0.2, 0.25) is 0 Å². The Morgan fingerprint density at radius 3 is 3.00 bits per heavy atom. The number of carbonyl (C=O) groups excluding carboxylic acids is 1. The van der Waals surface area contributed by atoms with Crippen LogP contribution in [-0.2, 0) is 4.74 Å². The molecule has 1 aliphatic heterocycles. The Morgan fingerprint density at radius 1 is 1.82 bits per heavy atom. The Balaban J connectivity index is 2.39. The quantitative estimate of drug-likeness (QED) is 0.640. The minimum Gasteiger partial charge on any atom is -0.448 e. The Kier molecular flexibility index (Phi) is 2.70. The Hall–Kier alpha value is -0.770. The highest BCUT2D eigenvalue weighted by atomic mass is 16.6. The van der Waals surface area contributed by atoms with E-state index in [4.69, 9.17) is 9.84 Å². The Bertz CT molecular complexity index is 149. The molecule has 0 bridgehead atoms. The number of cyclic esters (lactones) is 1. The fraction of sp³-hybridized carbons (Fsp3) is 0.857. The van der Waals surface area contributed by atoms with Crippen molar-refractivity contribution in [1.29, 1.82) is 0 Å². The van der Waals surface area contributed by atoms with Crippen molar-refractivity contribution in [3.63, 3.8) is 0 Å². The van der Waals surface area contributed by atoms with Crippen molar-refractivity contribution in [2.75, 3.05) is 19.8 Å². The highest BCUT2D eigenvalue weighted by Gasteiger charge is 2.25. The van der Waals surface area contributed by atoms with E-state index in [1.54, 1.807) is 4.90 Å². The Morgan fingerprint density at radius 2 is 2.55 bits per heavy atom. The van der Waals surface area contributed by atoms with E-state index in [-0.39, 0.29) is 18.7 Å². The summed E-state index contributed by atoms with van der Waals surface area (Å²) in [4.78, 5) is 12.5. The molecule has 0 spiro atoms. The zero-order valence-corrected chi connectivity index (χ0v) is 6.62. The van der Waals surface area contributed by atoms with Gasteiger partial charge in [-0.15, -0.1) is 0 Å². The molecule has 4 heteroatoms. The van der Waals surface area contributed by atoms with Crippen LogP contribution >= 0.6 is 0 Å². The summed E-state index contributed by atoms with van der Waals surface area (Å²) in [7, 11) is 0. The lowest BCUT2D eigenvalue weighted by Crippen LogP contribution is -2.34. The van der Waals surface area contributed by atoms with Gasteiger partial charge in [-0.05, 0) is 13.3 Å². The van der Waals surface area contributed by atoms with Crippen LogP contribution in [0.4, 0.5) is 4.79 Å². The average Bonchev–Trinajstić information content (AvgIpc) is 2.36. The number of hydrogen-bond donors (Lipinski definition) is 1. The molecule has 1 rings (SSSR count). The van der Waals surface area contributed by atoms with E-state index in [9.17, 15) is 4.79 Å². The lowest BCUT2D eigenvalue weighted by molar-refractivity contribution is 0.143. The summed E-state index contributed by atoms with van der Waals surface area (Å²) in [6.07, 6.45) is 0.362. The van der Waals surface area contributed by atoms with E-state index >= 15 is 0 Å².